The summed E-state index contributed by atoms with van der Waals surface area (Å²) < 4.78 is 0. The summed E-state index contributed by atoms with van der Waals surface area (Å²) in [6.07, 6.45) is 5.79. The predicted molar refractivity (Wildman–Crippen MR) is 51.1 cm³/mol. The largest absolute Gasteiger partial charge is 0.295 e. The molecule has 1 heterocycles. The maximum atomic E-state index is 11.2. The molecule has 1 saturated carbocycles. The average Bonchev–Trinajstić information content (AvgIpc) is 2.80. The molecule has 0 aromatic carbocycles. The number of ketones is 1. The van der Waals surface area contributed by atoms with E-state index < -0.39 is 0 Å². The third-order valence-corrected chi connectivity index (χ3v) is 2.66. The van der Waals surface area contributed by atoms with Crippen molar-refractivity contribution in [2.45, 2.75) is 12.8 Å². The molecule has 1 aromatic rings. The fraction of sp³-hybridized carbons (Fsp3) is 0.300. The Kier molecular flexibility index (Phi) is 2.09. The molecule has 2 rings (SSSR count). The van der Waals surface area contributed by atoms with Crippen molar-refractivity contribution in [2.75, 3.05) is 0 Å². The number of carbonyl (C=O) groups is 1. The van der Waals surface area contributed by atoms with E-state index in [1.165, 1.54) is 0 Å². The molecular formula is C10H10OS. The van der Waals surface area contributed by atoms with Gasteiger partial charge in [0.2, 0.25) is 0 Å². The number of thiophene rings is 1. The van der Waals surface area contributed by atoms with Crippen molar-refractivity contribution in [3.05, 3.63) is 28.5 Å². The van der Waals surface area contributed by atoms with Gasteiger partial charge in [-0.15, -0.1) is 0 Å². The van der Waals surface area contributed by atoms with E-state index in [4.69, 9.17) is 0 Å². The van der Waals surface area contributed by atoms with E-state index in [1.54, 1.807) is 17.4 Å². The normalized spacial score (nSPS) is 17.0. The minimum Gasteiger partial charge on any atom is -0.295 e. The van der Waals surface area contributed by atoms with E-state index >= 15 is 0 Å². The van der Waals surface area contributed by atoms with E-state index in [2.05, 4.69) is 0 Å². The Morgan fingerprint density at radius 3 is 3.00 bits per heavy atom. The smallest absolute Gasteiger partial charge is 0.158 e. The minimum atomic E-state index is 0.293. The molecule has 1 nitrogen and oxygen atoms in total. The number of carbonyl (C=O) groups excluding carboxylic acids is 1. The Hall–Kier alpha value is -0.890. The van der Waals surface area contributed by atoms with Crippen molar-refractivity contribution in [2.24, 2.45) is 5.92 Å². The average molecular weight is 178 g/mol. The molecule has 0 aliphatic heterocycles. The lowest BCUT2D eigenvalue weighted by Crippen LogP contribution is -1.92. The van der Waals surface area contributed by atoms with Crippen LogP contribution in [0.15, 0.2) is 22.9 Å². The fourth-order valence-corrected chi connectivity index (χ4v) is 1.68. The second-order valence-electron chi connectivity index (χ2n) is 3.07. The summed E-state index contributed by atoms with van der Waals surface area (Å²) in [5.41, 5.74) is 1.13. The summed E-state index contributed by atoms with van der Waals surface area (Å²) >= 11 is 1.65. The molecule has 0 saturated heterocycles. The van der Waals surface area contributed by atoms with Gasteiger partial charge < -0.3 is 0 Å². The van der Waals surface area contributed by atoms with Gasteiger partial charge in [-0.05, 0) is 41.3 Å². The first-order valence-electron chi connectivity index (χ1n) is 4.10. The van der Waals surface area contributed by atoms with Crippen LogP contribution in [-0.4, -0.2) is 5.78 Å². The molecule has 1 aliphatic carbocycles. The van der Waals surface area contributed by atoms with Crippen molar-refractivity contribution in [3.63, 3.8) is 0 Å². The van der Waals surface area contributed by atoms with E-state index in [0.29, 0.717) is 11.7 Å². The summed E-state index contributed by atoms with van der Waals surface area (Å²) in [5.74, 6) is 0.640. The Morgan fingerprint density at radius 2 is 2.42 bits per heavy atom. The third kappa shape index (κ3) is 1.83. The molecule has 1 aromatic heterocycles. The van der Waals surface area contributed by atoms with Gasteiger partial charge in [0.15, 0.2) is 5.78 Å². The molecule has 0 radical (unpaired) electrons. The highest BCUT2D eigenvalue weighted by Gasteiger charge is 2.27. The zero-order chi connectivity index (χ0) is 8.39. The van der Waals surface area contributed by atoms with Crippen LogP contribution in [-0.2, 0) is 4.79 Å². The van der Waals surface area contributed by atoms with Gasteiger partial charge in [-0.2, -0.15) is 11.3 Å². The molecule has 1 aliphatic rings. The van der Waals surface area contributed by atoms with E-state index in [0.717, 1.165) is 18.4 Å². The van der Waals surface area contributed by atoms with Crippen LogP contribution >= 0.6 is 11.3 Å². The van der Waals surface area contributed by atoms with Crippen molar-refractivity contribution in [1.29, 1.82) is 0 Å². The number of allylic oxidation sites excluding steroid dienone is 1. The lowest BCUT2D eigenvalue weighted by atomic mass is 10.2. The number of rotatable bonds is 3. The zero-order valence-corrected chi connectivity index (χ0v) is 7.51. The van der Waals surface area contributed by atoms with Gasteiger partial charge in [0.25, 0.3) is 0 Å². The van der Waals surface area contributed by atoms with Gasteiger partial charge in [0, 0.05) is 5.92 Å². The lowest BCUT2D eigenvalue weighted by molar-refractivity contribution is -0.115. The van der Waals surface area contributed by atoms with Crippen LogP contribution in [0.4, 0.5) is 0 Å². The van der Waals surface area contributed by atoms with E-state index in [1.807, 2.05) is 22.9 Å². The SMILES string of the molecule is O=C(/C=C/c1ccsc1)C1CC1. The van der Waals surface area contributed by atoms with Gasteiger partial charge in [0.05, 0.1) is 0 Å². The monoisotopic (exact) mass is 178 g/mol. The first-order chi connectivity index (χ1) is 5.86. The molecular weight excluding hydrogens is 168 g/mol. The van der Waals surface area contributed by atoms with Crippen LogP contribution in [0.3, 0.4) is 0 Å². The van der Waals surface area contributed by atoms with Gasteiger partial charge in [0.1, 0.15) is 0 Å². The molecule has 0 amide bonds. The van der Waals surface area contributed by atoms with Crippen molar-refractivity contribution < 1.29 is 4.79 Å². The molecule has 0 N–H and O–H groups in total. The number of hydrogen-bond acceptors (Lipinski definition) is 2. The highest BCUT2D eigenvalue weighted by Crippen LogP contribution is 2.30. The maximum absolute atomic E-state index is 11.2. The van der Waals surface area contributed by atoms with Gasteiger partial charge in [-0.3, -0.25) is 4.79 Å². The molecule has 0 bridgehead atoms. The molecule has 0 spiro atoms. The lowest BCUT2D eigenvalue weighted by Gasteiger charge is -1.85. The Labute approximate surface area is 75.7 Å². The van der Waals surface area contributed by atoms with Crippen LogP contribution in [0.1, 0.15) is 18.4 Å². The highest BCUT2D eigenvalue weighted by atomic mass is 32.1. The van der Waals surface area contributed by atoms with E-state index in [9.17, 15) is 4.79 Å². The summed E-state index contributed by atoms with van der Waals surface area (Å²) in [6, 6.07) is 2.02. The summed E-state index contributed by atoms with van der Waals surface area (Å²) in [6.45, 7) is 0. The van der Waals surface area contributed by atoms with Crippen LogP contribution in [0.5, 0.6) is 0 Å². The van der Waals surface area contributed by atoms with Crippen LogP contribution in [0.25, 0.3) is 6.08 Å². The Bertz CT molecular complexity index is 294. The van der Waals surface area contributed by atoms with E-state index in [-0.39, 0.29) is 0 Å². The van der Waals surface area contributed by atoms with Gasteiger partial charge in [-0.1, -0.05) is 6.08 Å². The first kappa shape index (κ1) is 7.74. The second kappa shape index (κ2) is 3.23. The van der Waals surface area contributed by atoms with Crippen molar-refractivity contribution in [3.8, 4) is 0 Å². The van der Waals surface area contributed by atoms with Crippen LogP contribution < -0.4 is 0 Å². The standard InChI is InChI=1S/C10H10OS/c11-10(9-2-3-9)4-1-8-5-6-12-7-8/h1,4-7,9H,2-3H2/b4-1+. The Morgan fingerprint density at radius 1 is 1.58 bits per heavy atom. The topological polar surface area (TPSA) is 17.1 Å². The van der Waals surface area contributed by atoms with Crippen LogP contribution in [0.2, 0.25) is 0 Å². The van der Waals surface area contributed by atoms with Crippen molar-refractivity contribution in [1.82, 2.24) is 0 Å². The molecule has 12 heavy (non-hydrogen) atoms. The fourth-order valence-electron chi connectivity index (χ4n) is 1.05. The van der Waals surface area contributed by atoms with Crippen LogP contribution in [0, 0.1) is 5.92 Å². The molecule has 0 unspecified atom stereocenters. The second-order valence-corrected chi connectivity index (χ2v) is 3.85. The molecule has 0 atom stereocenters. The quantitative estimate of drug-likeness (QED) is 0.650. The van der Waals surface area contributed by atoms with Gasteiger partial charge >= 0.3 is 0 Å². The molecule has 1 fully saturated rings. The highest BCUT2D eigenvalue weighted by molar-refractivity contribution is 7.08. The summed E-state index contributed by atoms with van der Waals surface area (Å²) in [4.78, 5) is 11.2. The zero-order valence-electron chi connectivity index (χ0n) is 6.69. The summed E-state index contributed by atoms with van der Waals surface area (Å²) in [5, 5.41) is 4.05. The van der Waals surface area contributed by atoms with Crippen molar-refractivity contribution >= 4 is 23.2 Å². The predicted octanol–water partition coefficient (Wildman–Crippen LogP) is 2.74. The summed E-state index contributed by atoms with van der Waals surface area (Å²) in [7, 11) is 0. The minimum absolute atomic E-state index is 0.293. The molecule has 2 heteroatoms. The third-order valence-electron chi connectivity index (χ3n) is 1.96. The number of hydrogen-bond donors (Lipinski definition) is 0. The maximum Gasteiger partial charge on any atom is 0.158 e. The van der Waals surface area contributed by atoms with Gasteiger partial charge in [-0.25, -0.2) is 0 Å². The first-order valence-corrected chi connectivity index (χ1v) is 5.04. The Balaban J connectivity index is 1.97. The molecule has 62 valence electrons.